The normalized spacial score (nSPS) is 26.9. The number of H-pyrrole nitrogens is 1. The molecule has 11 nitrogen and oxygen atoms in total. The predicted molar refractivity (Wildman–Crippen MR) is 109 cm³/mol. The van der Waals surface area contributed by atoms with E-state index < -0.39 is 44.9 Å². The largest absolute Gasteiger partial charge is 0.349 e. The SMILES string of the molecule is CC(C)OP(C)(=O)OC1C[C@H](n2cc(I)c(=O)[nH]c2=O)O[C@@H]1COP(C)(=O)O. The first-order valence-electron chi connectivity index (χ1n) is 8.33. The molecule has 1 aliphatic heterocycles. The van der Waals surface area contributed by atoms with E-state index in [9.17, 15) is 23.6 Å². The Kier molecular flexibility index (Phi) is 7.88. The van der Waals surface area contributed by atoms with E-state index in [4.69, 9.17) is 18.3 Å². The topological polar surface area (TPSA) is 146 Å². The minimum atomic E-state index is -3.79. The van der Waals surface area contributed by atoms with Gasteiger partial charge in [-0.3, -0.25) is 23.5 Å². The van der Waals surface area contributed by atoms with Gasteiger partial charge in [0, 0.05) is 25.9 Å². The van der Waals surface area contributed by atoms with Gasteiger partial charge in [0.2, 0.25) is 0 Å². The number of halogens is 1. The molecule has 0 amide bonds. The molecule has 1 saturated heterocycles. The Bertz CT molecular complexity index is 909. The van der Waals surface area contributed by atoms with Crippen molar-refractivity contribution in [3.63, 3.8) is 0 Å². The summed E-state index contributed by atoms with van der Waals surface area (Å²) in [7, 11) is -7.25. The highest BCUT2D eigenvalue weighted by molar-refractivity contribution is 14.1. The Labute approximate surface area is 174 Å². The summed E-state index contributed by atoms with van der Waals surface area (Å²) in [4.78, 5) is 35.2. The van der Waals surface area contributed by atoms with E-state index in [1.54, 1.807) is 36.4 Å². The lowest BCUT2D eigenvalue weighted by atomic mass is 10.2. The minimum absolute atomic E-state index is 0.0921. The molecule has 0 aromatic carbocycles. The summed E-state index contributed by atoms with van der Waals surface area (Å²) in [6, 6.07) is 0. The summed E-state index contributed by atoms with van der Waals surface area (Å²) in [5.74, 6) is 0. The maximum atomic E-state index is 12.6. The van der Waals surface area contributed by atoms with Gasteiger partial charge in [0.15, 0.2) is 0 Å². The van der Waals surface area contributed by atoms with Crippen molar-refractivity contribution in [1.82, 2.24) is 9.55 Å². The number of hydrogen-bond donors (Lipinski definition) is 2. The second kappa shape index (κ2) is 9.22. The molecule has 2 heterocycles. The van der Waals surface area contributed by atoms with Gasteiger partial charge in [0.05, 0.1) is 22.4 Å². The van der Waals surface area contributed by atoms with Gasteiger partial charge in [0.25, 0.3) is 5.56 Å². The van der Waals surface area contributed by atoms with E-state index in [2.05, 4.69) is 4.98 Å². The van der Waals surface area contributed by atoms with Crippen molar-refractivity contribution < 1.29 is 32.3 Å². The quantitative estimate of drug-likeness (QED) is 0.365. The number of aromatic amines is 1. The lowest BCUT2D eigenvalue weighted by molar-refractivity contribution is -0.0405. The molecule has 0 bridgehead atoms. The molecule has 1 fully saturated rings. The van der Waals surface area contributed by atoms with Crippen LogP contribution in [0.4, 0.5) is 0 Å². The zero-order valence-electron chi connectivity index (χ0n) is 15.7. The highest BCUT2D eigenvalue weighted by atomic mass is 127. The molecule has 160 valence electrons. The van der Waals surface area contributed by atoms with Gasteiger partial charge in [0.1, 0.15) is 12.3 Å². The lowest BCUT2D eigenvalue weighted by Gasteiger charge is -2.24. The van der Waals surface area contributed by atoms with Crippen LogP contribution < -0.4 is 11.2 Å². The average Bonchev–Trinajstić information content (AvgIpc) is 2.88. The van der Waals surface area contributed by atoms with Crippen molar-refractivity contribution >= 4 is 37.8 Å². The summed E-state index contributed by atoms with van der Waals surface area (Å²) >= 11 is 1.78. The van der Waals surface area contributed by atoms with Gasteiger partial charge in [-0.15, -0.1) is 0 Å². The van der Waals surface area contributed by atoms with Crippen molar-refractivity contribution in [3.8, 4) is 0 Å². The van der Waals surface area contributed by atoms with Gasteiger partial charge in [-0.05, 0) is 36.4 Å². The van der Waals surface area contributed by atoms with E-state index in [1.165, 1.54) is 17.4 Å². The van der Waals surface area contributed by atoms with Crippen LogP contribution >= 0.6 is 37.8 Å². The van der Waals surface area contributed by atoms with E-state index in [0.717, 1.165) is 6.66 Å². The second-order valence-corrected chi connectivity index (χ2v) is 11.7. The van der Waals surface area contributed by atoms with Crippen molar-refractivity contribution in [2.24, 2.45) is 0 Å². The summed E-state index contributed by atoms with van der Waals surface area (Å²) in [5.41, 5.74) is -1.21. The molecule has 28 heavy (non-hydrogen) atoms. The molecule has 0 spiro atoms. The summed E-state index contributed by atoms with van der Waals surface area (Å²) in [6.07, 6.45) is -1.49. The van der Waals surface area contributed by atoms with E-state index >= 15 is 0 Å². The van der Waals surface area contributed by atoms with Crippen LogP contribution in [0.5, 0.6) is 0 Å². The number of hydrogen-bond acceptors (Lipinski definition) is 8. The third-order valence-electron chi connectivity index (χ3n) is 3.62. The summed E-state index contributed by atoms with van der Waals surface area (Å²) in [5, 5.41) is 0. The van der Waals surface area contributed by atoms with Gasteiger partial charge in [-0.2, -0.15) is 0 Å². The molecule has 2 rings (SSSR count). The number of nitrogens with zero attached hydrogens (tertiary/aromatic N) is 1. The van der Waals surface area contributed by atoms with Crippen LogP contribution in [0.3, 0.4) is 0 Å². The Morgan fingerprint density at radius 1 is 1.39 bits per heavy atom. The highest BCUT2D eigenvalue weighted by Gasteiger charge is 2.42. The van der Waals surface area contributed by atoms with Crippen LogP contribution in [0.1, 0.15) is 26.5 Å². The Hall–Kier alpha value is -0.330. The molecule has 2 N–H and O–H groups in total. The average molecular weight is 552 g/mol. The summed E-state index contributed by atoms with van der Waals surface area (Å²) in [6.45, 7) is 5.42. The van der Waals surface area contributed by atoms with Gasteiger partial charge in [-0.1, -0.05) is 0 Å². The molecule has 0 radical (unpaired) electrons. The van der Waals surface area contributed by atoms with Crippen LogP contribution in [-0.4, -0.2) is 52.7 Å². The Balaban J connectivity index is 2.27. The number of rotatable bonds is 8. The Morgan fingerprint density at radius 2 is 2.04 bits per heavy atom. The zero-order valence-corrected chi connectivity index (χ0v) is 19.7. The third kappa shape index (κ3) is 6.88. The standard InChI is InChI=1S/C14H23IN2O9P2/c1-8(2)25-28(4,22)26-10-5-12(24-11(10)7-23-27(3,20)21)17-6-9(15)13(18)16-14(17)19/h6,8,10-12H,5,7H2,1-4H3,(H,20,21)(H,16,18,19)/t10?,11-,12-,28?/m1/s1. The molecule has 5 atom stereocenters. The zero-order chi connectivity index (χ0) is 21.3. The molecule has 1 aliphatic rings. The number of aromatic nitrogens is 2. The fraction of sp³-hybridized carbons (Fsp3) is 0.714. The minimum Gasteiger partial charge on any atom is -0.349 e. The molecule has 1 aromatic heterocycles. The van der Waals surface area contributed by atoms with Gasteiger partial charge >= 0.3 is 20.9 Å². The van der Waals surface area contributed by atoms with Crippen LogP contribution in [0, 0.1) is 3.57 Å². The molecule has 0 saturated carbocycles. The van der Waals surface area contributed by atoms with Crippen LogP contribution in [0.2, 0.25) is 0 Å². The fourth-order valence-electron chi connectivity index (χ4n) is 2.67. The van der Waals surface area contributed by atoms with Crippen LogP contribution in [0.25, 0.3) is 0 Å². The first-order chi connectivity index (χ1) is 12.8. The molecule has 1 aromatic rings. The van der Waals surface area contributed by atoms with Crippen molar-refractivity contribution in [1.29, 1.82) is 0 Å². The lowest BCUT2D eigenvalue weighted by Crippen LogP contribution is -2.33. The molecule has 3 unspecified atom stereocenters. The van der Waals surface area contributed by atoms with Crippen molar-refractivity contribution in [2.45, 2.75) is 44.8 Å². The Morgan fingerprint density at radius 3 is 2.61 bits per heavy atom. The molecular formula is C14H23IN2O9P2. The summed E-state index contributed by atoms with van der Waals surface area (Å²) < 4.78 is 47.1. The van der Waals surface area contributed by atoms with E-state index in [0.29, 0.717) is 0 Å². The smallest absolute Gasteiger partial charge is 0.330 e. The molecular weight excluding hydrogens is 529 g/mol. The van der Waals surface area contributed by atoms with Gasteiger partial charge < -0.3 is 23.2 Å². The van der Waals surface area contributed by atoms with Crippen LogP contribution in [-0.2, 0) is 27.4 Å². The highest BCUT2D eigenvalue weighted by Crippen LogP contribution is 2.50. The number of ether oxygens (including phenoxy) is 1. The van der Waals surface area contributed by atoms with Gasteiger partial charge in [-0.25, -0.2) is 4.79 Å². The van der Waals surface area contributed by atoms with E-state index in [1.807, 2.05) is 0 Å². The maximum absolute atomic E-state index is 12.6. The molecule has 0 aliphatic carbocycles. The first-order valence-corrected chi connectivity index (χ1v) is 13.4. The monoisotopic (exact) mass is 552 g/mol. The van der Waals surface area contributed by atoms with Crippen LogP contribution in [0.15, 0.2) is 15.8 Å². The van der Waals surface area contributed by atoms with E-state index in [-0.39, 0.29) is 22.7 Å². The molecule has 14 heteroatoms. The third-order valence-corrected chi connectivity index (χ3v) is 6.48. The van der Waals surface area contributed by atoms with Crippen molar-refractivity contribution in [2.75, 3.05) is 19.9 Å². The second-order valence-electron chi connectivity index (χ2n) is 6.68. The first kappa shape index (κ1) is 23.9. The maximum Gasteiger partial charge on any atom is 0.330 e. The predicted octanol–water partition coefficient (Wildman–Crippen LogP) is 1.89. The van der Waals surface area contributed by atoms with Crippen molar-refractivity contribution in [3.05, 3.63) is 30.6 Å². The number of nitrogens with one attached hydrogen (secondary N) is 1. The fourth-order valence-corrected chi connectivity index (χ4v) is 5.06.